The summed E-state index contributed by atoms with van der Waals surface area (Å²) in [6, 6.07) is 0. The third-order valence-electron chi connectivity index (χ3n) is 2.85. The van der Waals surface area contributed by atoms with Gasteiger partial charge in [0.15, 0.2) is 6.29 Å². The van der Waals surface area contributed by atoms with E-state index in [2.05, 4.69) is 0 Å². The predicted octanol–water partition coefficient (Wildman–Crippen LogP) is 0.498. The Morgan fingerprint density at radius 2 is 1.60 bits per heavy atom. The molecule has 0 amide bonds. The summed E-state index contributed by atoms with van der Waals surface area (Å²) in [6.07, 6.45) is -2.71. The van der Waals surface area contributed by atoms with E-state index in [0.717, 1.165) is 0 Å². The van der Waals surface area contributed by atoms with Gasteiger partial charge in [0.25, 0.3) is 0 Å². The molecule has 15 heavy (non-hydrogen) atoms. The quantitative estimate of drug-likeness (QED) is 0.599. The number of hydrogen-bond donors (Lipinski definition) is 3. The molecule has 1 aliphatic heterocycles. The van der Waals surface area contributed by atoms with Crippen LogP contribution in [0.3, 0.4) is 0 Å². The molecule has 0 aliphatic carbocycles. The van der Waals surface area contributed by atoms with Gasteiger partial charge in [-0.3, -0.25) is 0 Å². The first-order valence-corrected chi connectivity index (χ1v) is 5.42. The predicted molar refractivity (Wildman–Crippen MR) is 56.1 cm³/mol. The molecule has 1 rings (SSSR count). The Kier molecular flexibility index (Phi) is 3.76. The lowest BCUT2D eigenvalue weighted by atomic mass is 9.83. The van der Waals surface area contributed by atoms with Crippen LogP contribution in [-0.4, -0.2) is 39.9 Å². The van der Waals surface area contributed by atoms with Crippen LogP contribution in [0.5, 0.6) is 0 Å². The van der Waals surface area contributed by atoms with E-state index in [9.17, 15) is 15.3 Å². The van der Waals surface area contributed by atoms with Crippen LogP contribution in [0.25, 0.3) is 0 Å². The Hall–Kier alpha value is -0.160. The summed E-state index contributed by atoms with van der Waals surface area (Å²) in [7, 11) is 0. The first-order valence-electron chi connectivity index (χ1n) is 5.42. The van der Waals surface area contributed by atoms with Crippen molar-refractivity contribution in [3.63, 3.8) is 0 Å². The third-order valence-corrected chi connectivity index (χ3v) is 2.85. The zero-order valence-electron chi connectivity index (χ0n) is 9.84. The fourth-order valence-corrected chi connectivity index (χ4v) is 1.86. The highest BCUT2D eigenvalue weighted by atomic mass is 16.6. The summed E-state index contributed by atoms with van der Waals surface area (Å²) in [5.41, 5.74) is -0.00827. The minimum absolute atomic E-state index is 0.00827. The maximum Gasteiger partial charge on any atom is 0.160 e. The lowest BCUT2D eigenvalue weighted by Gasteiger charge is -2.41. The first kappa shape index (κ1) is 12.9. The molecule has 0 aromatic heterocycles. The van der Waals surface area contributed by atoms with Gasteiger partial charge in [-0.1, -0.05) is 27.7 Å². The normalized spacial score (nSPS) is 43.0. The summed E-state index contributed by atoms with van der Waals surface area (Å²) in [6.45, 7) is 7.74. The van der Waals surface area contributed by atoms with Crippen LogP contribution in [0.15, 0.2) is 0 Å². The summed E-state index contributed by atoms with van der Waals surface area (Å²) in [4.78, 5) is 0. The second-order valence-electron chi connectivity index (χ2n) is 5.67. The average molecular weight is 218 g/mol. The van der Waals surface area contributed by atoms with E-state index in [1.54, 1.807) is 6.92 Å². The maximum absolute atomic E-state index is 9.80. The molecule has 0 saturated carbocycles. The Morgan fingerprint density at radius 1 is 1.07 bits per heavy atom. The van der Waals surface area contributed by atoms with Gasteiger partial charge in [0.05, 0.1) is 12.2 Å². The molecule has 4 nitrogen and oxygen atoms in total. The standard InChI is InChI=1S/C11H22O4/c1-6-8(12)9(13)7(15-10(6)14)5-11(2,3)4/h6-10,12-14H,5H2,1-4H3/t6-,7-,8-,9-,10+/m1/s1. The van der Waals surface area contributed by atoms with Crippen LogP contribution in [0, 0.1) is 11.3 Å². The molecule has 0 unspecified atom stereocenters. The number of ether oxygens (including phenoxy) is 1. The van der Waals surface area contributed by atoms with Crippen molar-refractivity contribution in [3.8, 4) is 0 Å². The molecular formula is C11H22O4. The molecule has 0 aromatic rings. The average Bonchev–Trinajstić information content (AvgIpc) is 2.08. The van der Waals surface area contributed by atoms with E-state index in [-0.39, 0.29) is 5.41 Å². The summed E-state index contributed by atoms with van der Waals surface area (Å²) < 4.78 is 5.30. The van der Waals surface area contributed by atoms with E-state index < -0.39 is 30.5 Å². The van der Waals surface area contributed by atoms with Crippen LogP contribution in [-0.2, 0) is 4.74 Å². The molecule has 1 saturated heterocycles. The first-order chi connectivity index (χ1) is 6.72. The number of aliphatic hydroxyl groups excluding tert-OH is 3. The van der Waals surface area contributed by atoms with Crippen LogP contribution in [0.4, 0.5) is 0 Å². The van der Waals surface area contributed by atoms with Crippen molar-refractivity contribution < 1.29 is 20.1 Å². The monoisotopic (exact) mass is 218 g/mol. The second kappa shape index (κ2) is 4.37. The highest BCUT2D eigenvalue weighted by molar-refractivity contribution is 4.88. The maximum atomic E-state index is 9.80. The van der Waals surface area contributed by atoms with Crippen LogP contribution in [0.1, 0.15) is 34.1 Å². The van der Waals surface area contributed by atoms with Crippen molar-refractivity contribution in [1.82, 2.24) is 0 Å². The lowest BCUT2D eigenvalue weighted by molar-refractivity contribution is -0.264. The van der Waals surface area contributed by atoms with Crippen molar-refractivity contribution in [3.05, 3.63) is 0 Å². The fraction of sp³-hybridized carbons (Fsp3) is 1.00. The van der Waals surface area contributed by atoms with Crippen LogP contribution in [0.2, 0.25) is 0 Å². The molecule has 4 heteroatoms. The van der Waals surface area contributed by atoms with Crippen molar-refractivity contribution in [2.75, 3.05) is 0 Å². The molecule has 0 radical (unpaired) electrons. The summed E-state index contributed by atoms with van der Waals surface area (Å²) in [5.74, 6) is -0.448. The minimum atomic E-state index is -0.990. The molecular weight excluding hydrogens is 196 g/mol. The van der Waals surface area contributed by atoms with Gasteiger partial charge in [0.1, 0.15) is 6.10 Å². The molecule has 0 bridgehead atoms. The van der Waals surface area contributed by atoms with E-state index in [4.69, 9.17) is 4.74 Å². The lowest BCUT2D eigenvalue weighted by Crippen LogP contribution is -2.54. The van der Waals surface area contributed by atoms with Gasteiger partial charge in [0, 0.05) is 5.92 Å². The van der Waals surface area contributed by atoms with Gasteiger partial charge in [-0.2, -0.15) is 0 Å². The number of aliphatic hydroxyl groups is 3. The summed E-state index contributed by atoms with van der Waals surface area (Å²) in [5, 5.41) is 29.0. The topological polar surface area (TPSA) is 69.9 Å². The van der Waals surface area contributed by atoms with Gasteiger partial charge in [-0.15, -0.1) is 0 Å². The molecule has 0 aromatic carbocycles. The molecule has 90 valence electrons. The zero-order chi connectivity index (χ0) is 11.8. The van der Waals surface area contributed by atoms with E-state index >= 15 is 0 Å². The molecule has 1 heterocycles. The minimum Gasteiger partial charge on any atom is -0.390 e. The van der Waals surface area contributed by atoms with Gasteiger partial charge < -0.3 is 20.1 Å². The molecule has 1 fully saturated rings. The highest BCUT2D eigenvalue weighted by Crippen LogP contribution is 2.31. The van der Waals surface area contributed by atoms with E-state index in [1.807, 2.05) is 20.8 Å². The SMILES string of the molecule is C[C@@H]1[C@@H](O)[C@H](O)[C@@H](CC(C)(C)C)O[C@@H]1O. The Morgan fingerprint density at radius 3 is 2.07 bits per heavy atom. The Labute approximate surface area is 90.9 Å². The van der Waals surface area contributed by atoms with Gasteiger partial charge in [-0.05, 0) is 11.8 Å². The van der Waals surface area contributed by atoms with Gasteiger partial charge in [0.2, 0.25) is 0 Å². The fourth-order valence-electron chi connectivity index (χ4n) is 1.86. The second-order valence-corrected chi connectivity index (χ2v) is 5.67. The molecule has 5 atom stereocenters. The summed E-state index contributed by atoms with van der Waals surface area (Å²) >= 11 is 0. The van der Waals surface area contributed by atoms with Crippen LogP contribution >= 0.6 is 0 Å². The Bertz CT molecular complexity index is 211. The van der Waals surface area contributed by atoms with Crippen molar-refractivity contribution in [1.29, 1.82) is 0 Å². The van der Waals surface area contributed by atoms with Crippen molar-refractivity contribution >= 4 is 0 Å². The number of rotatable bonds is 1. The van der Waals surface area contributed by atoms with E-state index in [1.165, 1.54) is 0 Å². The molecule has 1 aliphatic rings. The van der Waals surface area contributed by atoms with Crippen molar-refractivity contribution in [2.45, 2.75) is 58.7 Å². The van der Waals surface area contributed by atoms with Gasteiger partial charge >= 0.3 is 0 Å². The largest absolute Gasteiger partial charge is 0.390 e. The zero-order valence-corrected chi connectivity index (χ0v) is 9.84. The van der Waals surface area contributed by atoms with E-state index in [0.29, 0.717) is 6.42 Å². The smallest absolute Gasteiger partial charge is 0.160 e. The highest BCUT2D eigenvalue weighted by Gasteiger charge is 2.42. The molecule has 0 spiro atoms. The van der Waals surface area contributed by atoms with Gasteiger partial charge in [-0.25, -0.2) is 0 Å². The number of hydrogen-bond acceptors (Lipinski definition) is 4. The van der Waals surface area contributed by atoms with Crippen LogP contribution < -0.4 is 0 Å². The molecule has 3 N–H and O–H groups in total. The Balaban J connectivity index is 2.67. The van der Waals surface area contributed by atoms with Crippen molar-refractivity contribution in [2.24, 2.45) is 11.3 Å². The third kappa shape index (κ3) is 3.14.